The Kier molecular flexibility index (Phi) is 5.65. The third kappa shape index (κ3) is 3.74. The van der Waals surface area contributed by atoms with Gasteiger partial charge in [-0.15, -0.1) is 0 Å². The molecule has 37 heavy (non-hydrogen) atoms. The SMILES string of the molecule is CCOC(=O)C1=C(C)N=c2s/c(=C\c3cn(C)c4ccccc34)c(=O)n2[C@H]1c1cccc2ccccc12. The number of hydrogen-bond donors (Lipinski definition) is 0. The number of aryl methyl sites for hydroxylation is 1. The van der Waals surface area contributed by atoms with Crippen molar-refractivity contribution in [3.8, 4) is 0 Å². The molecule has 0 spiro atoms. The van der Waals surface area contributed by atoms with Crippen molar-refractivity contribution < 1.29 is 9.53 Å². The molecule has 0 N–H and O–H groups in total. The van der Waals surface area contributed by atoms with Gasteiger partial charge in [0.15, 0.2) is 4.80 Å². The molecule has 1 aliphatic heterocycles. The zero-order valence-electron chi connectivity index (χ0n) is 20.8. The van der Waals surface area contributed by atoms with E-state index in [0.29, 0.717) is 20.6 Å². The van der Waals surface area contributed by atoms with Gasteiger partial charge >= 0.3 is 5.97 Å². The van der Waals surface area contributed by atoms with Crippen LogP contribution in [-0.2, 0) is 16.6 Å². The first-order chi connectivity index (χ1) is 18.0. The number of carbonyl (C=O) groups excluding carboxylic acids is 1. The Balaban J connectivity index is 1.64. The number of rotatable bonds is 4. The van der Waals surface area contributed by atoms with Crippen LogP contribution in [0.15, 0.2) is 94.0 Å². The predicted molar refractivity (Wildman–Crippen MR) is 147 cm³/mol. The molecule has 0 fully saturated rings. The second kappa shape index (κ2) is 9.01. The van der Waals surface area contributed by atoms with Crippen molar-refractivity contribution in [1.29, 1.82) is 0 Å². The van der Waals surface area contributed by atoms with Gasteiger partial charge in [-0.1, -0.05) is 72.0 Å². The van der Waals surface area contributed by atoms with E-state index in [1.165, 1.54) is 11.3 Å². The summed E-state index contributed by atoms with van der Waals surface area (Å²) in [4.78, 5) is 32.5. The van der Waals surface area contributed by atoms with Gasteiger partial charge in [0.1, 0.15) is 0 Å². The summed E-state index contributed by atoms with van der Waals surface area (Å²) in [5.41, 5.74) is 3.70. The number of nitrogens with zero attached hydrogens (tertiary/aromatic N) is 3. The Hall–Kier alpha value is -4.23. The summed E-state index contributed by atoms with van der Waals surface area (Å²) < 4.78 is 9.72. The van der Waals surface area contributed by atoms with Gasteiger partial charge in [-0.25, -0.2) is 9.79 Å². The average molecular weight is 508 g/mol. The summed E-state index contributed by atoms with van der Waals surface area (Å²) in [6, 6.07) is 21.4. The van der Waals surface area contributed by atoms with E-state index >= 15 is 0 Å². The maximum absolute atomic E-state index is 14.0. The molecule has 0 amide bonds. The third-order valence-electron chi connectivity index (χ3n) is 6.85. The van der Waals surface area contributed by atoms with Crippen LogP contribution in [0.5, 0.6) is 0 Å². The molecular weight excluding hydrogens is 482 g/mol. The second-order valence-corrected chi connectivity index (χ2v) is 10.1. The number of esters is 1. The molecule has 7 heteroatoms. The Labute approximate surface area is 217 Å². The van der Waals surface area contributed by atoms with Crippen LogP contribution in [-0.4, -0.2) is 21.7 Å². The molecule has 0 aliphatic carbocycles. The number of aromatic nitrogens is 2. The van der Waals surface area contributed by atoms with Gasteiger partial charge in [0.2, 0.25) is 0 Å². The van der Waals surface area contributed by atoms with Crippen molar-refractivity contribution >= 4 is 45.1 Å². The predicted octanol–water partition coefficient (Wildman–Crippen LogP) is 4.44. The first-order valence-corrected chi connectivity index (χ1v) is 13.0. The van der Waals surface area contributed by atoms with E-state index in [1.807, 2.05) is 80.8 Å². The van der Waals surface area contributed by atoms with Crippen molar-refractivity contribution in [2.45, 2.75) is 19.9 Å². The highest BCUT2D eigenvalue weighted by Gasteiger charge is 2.34. The van der Waals surface area contributed by atoms with Crippen molar-refractivity contribution in [3.05, 3.63) is 115 Å². The van der Waals surface area contributed by atoms with Crippen LogP contribution < -0.4 is 14.9 Å². The molecule has 6 nitrogen and oxygen atoms in total. The summed E-state index contributed by atoms with van der Waals surface area (Å²) in [7, 11) is 2.00. The van der Waals surface area contributed by atoms with E-state index in [9.17, 15) is 9.59 Å². The number of hydrogen-bond acceptors (Lipinski definition) is 5. The van der Waals surface area contributed by atoms with Crippen molar-refractivity contribution in [2.75, 3.05) is 6.61 Å². The van der Waals surface area contributed by atoms with Gasteiger partial charge in [0.25, 0.3) is 5.56 Å². The first-order valence-electron chi connectivity index (χ1n) is 12.2. The fourth-order valence-electron chi connectivity index (χ4n) is 5.20. The van der Waals surface area contributed by atoms with Crippen LogP contribution in [0, 0.1) is 0 Å². The monoisotopic (exact) mass is 507 g/mol. The van der Waals surface area contributed by atoms with Crippen LogP contribution in [0.2, 0.25) is 0 Å². The lowest BCUT2D eigenvalue weighted by Gasteiger charge is -2.25. The maximum atomic E-state index is 14.0. The Morgan fingerprint density at radius 2 is 1.78 bits per heavy atom. The van der Waals surface area contributed by atoms with E-state index in [0.717, 1.165) is 32.8 Å². The van der Waals surface area contributed by atoms with Crippen LogP contribution in [0.3, 0.4) is 0 Å². The largest absolute Gasteiger partial charge is 0.463 e. The standard InChI is InChI=1S/C30H25N3O3S/c1-4-36-29(35)26-18(2)31-30-33(27(26)23-14-9-11-19-10-5-6-12-21(19)23)28(34)25(37-30)16-20-17-32(3)24-15-8-7-13-22(20)24/h5-17,27H,4H2,1-3H3/b25-16-/t27-/m0/s1. The molecule has 0 saturated carbocycles. The molecule has 1 atom stereocenters. The first kappa shape index (κ1) is 23.2. The quantitative estimate of drug-likeness (QED) is 0.338. The lowest BCUT2D eigenvalue weighted by molar-refractivity contribution is -0.139. The Morgan fingerprint density at radius 1 is 1.05 bits per heavy atom. The van der Waals surface area contributed by atoms with E-state index in [1.54, 1.807) is 11.5 Å². The summed E-state index contributed by atoms with van der Waals surface area (Å²) >= 11 is 1.34. The minimum absolute atomic E-state index is 0.177. The zero-order valence-corrected chi connectivity index (χ0v) is 21.6. The number of benzene rings is 3. The highest BCUT2D eigenvalue weighted by Crippen LogP contribution is 2.34. The minimum atomic E-state index is -0.643. The molecule has 2 aromatic heterocycles. The van der Waals surface area contributed by atoms with Gasteiger partial charge in [0, 0.05) is 29.7 Å². The van der Waals surface area contributed by atoms with Crippen LogP contribution >= 0.6 is 11.3 Å². The molecule has 6 rings (SSSR count). The second-order valence-electron chi connectivity index (χ2n) is 9.08. The normalized spacial score (nSPS) is 15.8. The lowest BCUT2D eigenvalue weighted by atomic mass is 9.91. The molecule has 3 heterocycles. The molecule has 5 aromatic rings. The third-order valence-corrected chi connectivity index (χ3v) is 7.83. The topological polar surface area (TPSA) is 65.6 Å². The number of thiazole rings is 1. The molecule has 1 aliphatic rings. The van der Waals surface area contributed by atoms with Crippen LogP contribution in [0.25, 0.3) is 27.8 Å². The number of ether oxygens (including phenoxy) is 1. The molecule has 184 valence electrons. The lowest BCUT2D eigenvalue weighted by Crippen LogP contribution is -2.40. The number of allylic oxidation sites excluding steroid dienone is 1. The van der Waals surface area contributed by atoms with Crippen molar-refractivity contribution in [1.82, 2.24) is 9.13 Å². The highest BCUT2D eigenvalue weighted by molar-refractivity contribution is 7.07. The van der Waals surface area contributed by atoms with Crippen molar-refractivity contribution in [2.24, 2.45) is 12.0 Å². The highest BCUT2D eigenvalue weighted by atomic mass is 32.1. The fraction of sp³-hybridized carbons (Fsp3) is 0.167. The van der Waals surface area contributed by atoms with Gasteiger partial charge in [0.05, 0.1) is 28.5 Å². The van der Waals surface area contributed by atoms with E-state index < -0.39 is 12.0 Å². The Morgan fingerprint density at radius 3 is 2.59 bits per heavy atom. The minimum Gasteiger partial charge on any atom is -0.463 e. The molecule has 3 aromatic carbocycles. The van der Waals surface area contributed by atoms with Gasteiger partial charge < -0.3 is 9.30 Å². The van der Waals surface area contributed by atoms with E-state index in [2.05, 4.69) is 16.7 Å². The molecule has 0 bridgehead atoms. The van der Waals surface area contributed by atoms with Crippen molar-refractivity contribution in [3.63, 3.8) is 0 Å². The smallest absolute Gasteiger partial charge is 0.338 e. The van der Waals surface area contributed by atoms with E-state index in [4.69, 9.17) is 9.73 Å². The summed E-state index contributed by atoms with van der Waals surface area (Å²) in [5.74, 6) is -0.454. The molecular formula is C30H25N3O3S. The number of para-hydroxylation sites is 1. The summed E-state index contributed by atoms with van der Waals surface area (Å²) in [5, 5.41) is 3.09. The number of carbonyl (C=O) groups is 1. The fourth-order valence-corrected chi connectivity index (χ4v) is 6.24. The average Bonchev–Trinajstić information content (AvgIpc) is 3.38. The van der Waals surface area contributed by atoms with Gasteiger partial charge in [-0.3, -0.25) is 9.36 Å². The summed E-state index contributed by atoms with van der Waals surface area (Å²) in [6.45, 7) is 3.83. The molecule has 0 saturated heterocycles. The van der Waals surface area contributed by atoms with Crippen LogP contribution in [0.4, 0.5) is 0 Å². The molecule has 0 unspecified atom stereocenters. The van der Waals surface area contributed by atoms with Crippen LogP contribution in [0.1, 0.15) is 31.0 Å². The molecule has 0 radical (unpaired) electrons. The summed E-state index contributed by atoms with van der Waals surface area (Å²) in [6.07, 6.45) is 3.95. The Bertz CT molecular complexity index is 1920. The number of fused-ring (bicyclic) bond motifs is 3. The zero-order chi connectivity index (χ0) is 25.7. The maximum Gasteiger partial charge on any atom is 0.338 e. The van der Waals surface area contributed by atoms with Gasteiger partial charge in [-0.2, -0.15) is 0 Å². The van der Waals surface area contributed by atoms with Gasteiger partial charge in [-0.05, 0) is 42.3 Å². The van der Waals surface area contributed by atoms with E-state index in [-0.39, 0.29) is 12.2 Å².